The third-order valence-corrected chi connectivity index (χ3v) is 4.70. The molecule has 1 fully saturated rings. The molecule has 8 nitrogen and oxygen atoms in total. The second-order valence-electron chi connectivity index (χ2n) is 6.64. The van der Waals surface area contributed by atoms with Crippen LogP contribution in [0.2, 0.25) is 0 Å². The molecule has 1 amide bonds. The van der Waals surface area contributed by atoms with Gasteiger partial charge in [-0.3, -0.25) is 9.80 Å². The average Bonchev–Trinajstić information content (AvgIpc) is 3.28. The summed E-state index contributed by atoms with van der Waals surface area (Å²) in [6.45, 7) is 1.70. The first kappa shape index (κ1) is 16.6. The van der Waals surface area contributed by atoms with E-state index in [1.165, 1.54) is 0 Å². The summed E-state index contributed by atoms with van der Waals surface area (Å²) in [5.41, 5.74) is 8.22. The fourth-order valence-electron chi connectivity index (χ4n) is 3.07. The summed E-state index contributed by atoms with van der Waals surface area (Å²) >= 11 is 0. The van der Waals surface area contributed by atoms with Crippen molar-refractivity contribution in [3.05, 3.63) is 54.1 Å². The van der Waals surface area contributed by atoms with E-state index in [0.717, 1.165) is 24.1 Å². The van der Waals surface area contributed by atoms with Gasteiger partial charge in [-0.1, -0.05) is 35.5 Å². The minimum absolute atomic E-state index is 0.0866. The van der Waals surface area contributed by atoms with Crippen LogP contribution in [0.25, 0.3) is 11.3 Å². The van der Waals surface area contributed by atoms with Crippen molar-refractivity contribution in [2.75, 3.05) is 0 Å². The van der Waals surface area contributed by atoms with Crippen LogP contribution in [-0.4, -0.2) is 39.4 Å². The molecule has 8 heteroatoms. The van der Waals surface area contributed by atoms with Crippen molar-refractivity contribution < 1.29 is 14.4 Å². The first-order valence-electron chi connectivity index (χ1n) is 8.63. The Balaban J connectivity index is 1.30. The molecule has 0 radical (unpaired) electrons. The highest BCUT2D eigenvalue weighted by Gasteiger charge is 2.36. The summed E-state index contributed by atoms with van der Waals surface area (Å²) in [7, 11) is 0. The molecule has 136 valence electrons. The summed E-state index contributed by atoms with van der Waals surface area (Å²) in [6, 6.07) is 11.6. The summed E-state index contributed by atoms with van der Waals surface area (Å²) in [6.07, 6.45) is 2.93. The van der Waals surface area contributed by atoms with E-state index in [0.29, 0.717) is 5.69 Å². The lowest BCUT2D eigenvalue weighted by Gasteiger charge is -2.40. The van der Waals surface area contributed by atoms with Crippen LogP contribution in [0.4, 0.5) is 0 Å². The summed E-state index contributed by atoms with van der Waals surface area (Å²) in [4.78, 5) is 12.3. The molecule has 1 atom stereocenters. The van der Waals surface area contributed by atoms with Crippen LogP contribution >= 0.6 is 0 Å². The maximum absolute atomic E-state index is 12.3. The van der Waals surface area contributed by atoms with Gasteiger partial charge in [0.2, 0.25) is 5.76 Å². The number of hydrogen-bond acceptors (Lipinski definition) is 7. The fourth-order valence-corrected chi connectivity index (χ4v) is 3.07. The molecule has 1 aromatic carbocycles. The van der Waals surface area contributed by atoms with Crippen molar-refractivity contribution in [3.8, 4) is 11.3 Å². The SMILES string of the molecule is C[C@@H](O)C1=CN(C2CC(NC(=O)c3cc(-c4ccccc4)no3)C2)NN1. The lowest BCUT2D eigenvalue weighted by Crippen LogP contribution is -2.56. The van der Waals surface area contributed by atoms with E-state index in [1.54, 1.807) is 13.0 Å². The van der Waals surface area contributed by atoms with E-state index in [1.807, 2.05) is 41.5 Å². The van der Waals surface area contributed by atoms with Gasteiger partial charge in [-0.15, -0.1) is 5.53 Å². The molecular weight excluding hydrogens is 334 g/mol. The Bertz CT molecular complexity index is 811. The number of aliphatic hydroxyl groups excluding tert-OH is 1. The summed E-state index contributed by atoms with van der Waals surface area (Å²) in [5, 5.41) is 18.4. The molecule has 26 heavy (non-hydrogen) atoms. The zero-order valence-corrected chi connectivity index (χ0v) is 14.3. The normalized spacial score (nSPS) is 23.0. The van der Waals surface area contributed by atoms with Crippen LogP contribution in [0.15, 0.2) is 52.8 Å². The standard InChI is InChI=1S/C18H21N5O3/c1-11(24)16-10-23(22-20-16)14-7-13(8-14)19-18(25)17-9-15(21-26-17)12-5-3-2-4-6-12/h2-6,9-11,13-14,20,22,24H,7-8H2,1H3,(H,19,25)/t11-,13?,14?/m1/s1. The van der Waals surface area contributed by atoms with Crippen LogP contribution in [0.1, 0.15) is 30.3 Å². The first-order valence-corrected chi connectivity index (χ1v) is 8.63. The molecule has 0 unspecified atom stereocenters. The van der Waals surface area contributed by atoms with E-state index >= 15 is 0 Å². The maximum atomic E-state index is 12.3. The van der Waals surface area contributed by atoms with Crippen molar-refractivity contribution in [1.82, 2.24) is 26.4 Å². The molecule has 1 aliphatic heterocycles. The van der Waals surface area contributed by atoms with Gasteiger partial charge in [0.1, 0.15) is 5.69 Å². The largest absolute Gasteiger partial charge is 0.387 e. The third-order valence-electron chi connectivity index (χ3n) is 4.70. The Morgan fingerprint density at radius 1 is 1.38 bits per heavy atom. The molecule has 1 aromatic heterocycles. The van der Waals surface area contributed by atoms with Crippen LogP contribution in [0, 0.1) is 0 Å². The molecule has 0 bridgehead atoms. The number of amides is 1. The predicted octanol–water partition coefficient (Wildman–Crippen LogP) is 1.15. The molecule has 2 aromatic rings. The molecular formula is C18H21N5O3. The highest BCUT2D eigenvalue weighted by molar-refractivity contribution is 5.92. The zero-order valence-electron chi connectivity index (χ0n) is 14.3. The van der Waals surface area contributed by atoms with Crippen LogP contribution < -0.4 is 16.3 Å². The summed E-state index contributed by atoms with van der Waals surface area (Å²) in [5.74, 6) is -0.0413. The van der Waals surface area contributed by atoms with Gasteiger partial charge in [-0.25, -0.2) is 0 Å². The molecule has 4 rings (SSSR count). The quantitative estimate of drug-likeness (QED) is 0.638. The van der Waals surface area contributed by atoms with Gasteiger partial charge in [0.05, 0.1) is 17.8 Å². The van der Waals surface area contributed by atoms with Crippen molar-refractivity contribution >= 4 is 5.91 Å². The Morgan fingerprint density at radius 2 is 2.15 bits per heavy atom. The second kappa shape index (κ2) is 6.81. The van der Waals surface area contributed by atoms with Gasteiger partial charge in [-0.05, 0) is 19.8 Å². The van der Waals surface area contributed by atoms with Crippen molar-refractivity contribution in [2.45, 2.75) is 38.0 Å². The number of hydrazine groups is 2. The Hall–Kier alpha value is -2.84. The van der Waals surface area contributed by atoms with E-state index in [2.05, 4.69) is 21.4 Å². The molecule has 2 heterocycles. The number of aliphatic hydroxyl groups is 1. The Morgan fingerprint density at radius 3 is 2.85 bits per heavy atom. The first-order chi connectivity index (χ1) is 12.6. The number of carbonyl (C=O) groups is 1. The topological polar surface area (TPSA) is 103 Å². The maximum Gasteiger partial charge on any atom is 0.290 e. The number of hydrogen-bond donors (Lipinski definition) is 4. The molecule has 0 spiro atoms. The highest BCUT2D eigenvalue weighted by atomic mass is 16.5. The minimum Gasteiger partial charge on any atom is -0.387 e. The minimum atomic E-state index is -0.548. The molecule has 1 saturated carbocycles. The number of aromatic nitrogens is 1. The van der Waals surface area contributed by atoms with Gasteiger partial charge in [0.25, 0.3) is 5.91 Å². The van der Waals surface area contributed by atoms with Crippen molar-refractivity contribution in [3.63, 3.8) is 0 Å². The Labute approximate surface area is 150 Å². The van der Waals surface area contributed by atoms with E-state index < -0.39 is 6.10 Å². The van der Waals surface area contributed by atoms with Gasteiger partial charge in [0.15, 0.2) is 0 Å². The molecule has 0 saturated heterocycles. The number of nitrogens with zero attached hydrogens (tertiary/aromatic N) is 2. The number of benzene rings is 1. The van der Waals surface area contributed by atoms with Crippen LogP contribution in [0.5, 0.6) is 0 Å². The van der Waals surface area contributed by atoms with Crippen molar-refractivity contribution in [1.29, 1.82) is 0 Å². The van der Waals surface area contributed by atoms with Crippen molar-refractivity contribution in [2.24, 2.45) is 0 Å². The monoisotopic (exact) mass is 355 g/mol. The average molecular weight is 355 g/mol. The number of carbonyl (C=O) groups excluding carboxylic acids is 1. The van der Waals surface area contributed by atoms with Crippen LogP contribution in [-0.2, 0) is 0 Å². The van der Waals surface area contributed by atoms with E-state index in [9.17, 15) is 9.90 Å². The number of nitrogens with one attached hydrogen (secondary N) is 3. The number of rotatable bonds is 5. The lowest BCUT2D eigenvalue weighted by atomic mass is 9.86. The van der Waals surface area contributed by atoms with E-state index in [-0.39, 0.29) is 23.8 Å². The van der Waals surface area contributed by atoms with Crippen LogP contribution in [0.3, 0.4) is 0 Å². The van der Waals surface area contributed by atoms with Gasteiger partial charge in [-0.2, -0.15) is 0 Å². The Kier molecular flexibility index (Phi) is 4.36. The third kappa shape index (κ3) is 3.29. The predicted molar refractivity (Wildman–Crippen MR) is 94.1 cm³/mol. The van der Waals surface area contributed by atoms with Gasteiger partial charge < -0.3 is 20.4 Å². The van der Waals surface area contributed by atoms with E-state index in [4.69, 9.17) is 4.52 Å². The molecule has 2 aliphatic rings. The van der Waals surface area contributed by atoms with Gasteiger partial charge >= 0.3 is 0 Å². The fraction of sp³-hybridized carbons (Fsp3) is 0.333. The zero-order chi connectivity index (χ0) is 18.1. The highest BCUT2D eigenvalue weighted by Crippen LogP contribution is 2.27. The smallest absolute Gasteiger partial charge is 0.290 e. The summed E-state index contributed by atoms with van der Waals surface area (Å²) < 4.78 is 5.19. The molecule has 1 aliphatic carbocycles. The molecule has 4 N–H and O–H groups in total. The second-order valence-corrected chi connectivity index (χ2v) is 6.64. The lowest BCUT2D eigenvalue weighted by molar-refractivity contribution is 0.0734. The van der Waals surface area contributed by atoms with Gasteiger partial charge in [0, 0.05) is 23.9 Å².